The van der Waals surface area contributed by atoms with Gasteiger partial charge in [-0.1, -0.05) is 25.0 Å². The Bertz CT molecular complexity index is 766. The Hall–Kier alpha value is -1.81. The molecule has 134 valence electrons. The lowest BCUT2D eigenvalue weighted by Gasteiger charge is -2.38. The largest absolute Gasteiger partial charge is 0.464 e. The van der Waals surface area contributed by atoms with Crippen LogP contribution in [0.25, 0.3) is 11.0 Å². The van der Waals surface area contributed by atoms with Crippen molar-refractivity contribution in [3.8, 4) is 0 Å². The van der Waals surface area contributed by atoms with E-state index < -0.39 is 0 Å². The summed E-state index contributed by atoms with van der Waals surface area (Å²) in [5.74, 6) is 0.229. The predicted octanol–water partition coefficient (Wildman–Crippen LogP) is 3.68. The molecule has 2 fully saturated rings. The zero-order chi connectivity index (χ0) is 17.4. The molecule has 0 unspecified atom stereocenters. The fourth-order valence-corrected chi connectivity index (χ4v) is 4.41. The Kier molecular flexibility index (Phi) is 4.55. The number of rotatable bonds is 3. The first kappa shape index (κ1) is 16.6. The minimum absolute atomic E-state index is 0.229. The predicted molar refractivity (Wildman–Crippen MR) is 99.8 cm³/mol. The van der Waals surface area contributed by atoms with E-state index in [1.54, 1.807) is 6.26 Å². The third-order valence-corrected chi connectivity index (χ3v) is 6.19. The van der Waals surface area contributed by atoms with Gasteiger partial charge in [-0.25, -0.2) is 0 Å². The van der Waals surface area contributed by atoms with Crippen LogP contribution in [-0.2, 0) is 11.2 Å². The fraction of sp³-hybridized carbons (Fsp3) is 0.571. The number of fused-ring (bicyclic) bond motifs is 1. The molecular weight excluding hydrogens is 312 g/mol. The molecule has 0 atom stereocenters. The zero-order valence-corrected chi connectivity index (χ0v) is 15.4. The molecule has 4 rings (SSSR count). The molecule has 4 nitrogen and oxygen atoms in total. The Labute approximate surface area is 149 Å². The summed E-state index contributed by atoms with van der Waals surface area (Å²) in [6.07, 6.45) is 7.64. The number of carbonyl (C=O) groups excluding carboxylic acids is 1. The van der Waals surface area contributed by atoms with Crippen LogP contribution in [0.5, 0.6) is 0 Å². The van der Waals surface area contributed by atoms with Crippen molar-refractivity contribution >= 4 is 16.9 Å². The van der Waals surface area contributed by atoms with Crippen LogP contribution < -0.4 is 0 Å². The summed E-state index contributed by atoms with van der Waals surface area (Å²) in [5.41, 5.74) is 4.33. The summed E-state index contributed by atoms with van der Waals surface area (Å²) in [5, 5.41) is 1.08. The molecule has 1 aliphatic carbocycles. The summed E-state index contributed by atoms with van der Waals surface area (Å²) in [6, 6.07) is 4.96. The number of aryl methyl sites for hydroxylation is 2. The highest BCUT2D eigenvalue weighted by atomic mass is 16.3. The van der Waals surface area contributed by atoms with Gasteiger partial charge in [-0.2, -0.15) is 0 Å². The third kappa shape index (κ3) is 3.20. The Morgan fingerprint density at radius 1 is 1.12 bits per heavy atom. The van der Waals surface area contributed by atoms with Gasteiger partial charge >= 0.3 is 0 Å². The number of furan rings is 1. The van der Waals surface area contributed by atoms with Gasteiger partial charge in [-0.15, -0.1) is 0 Å². The van der Waals surface area contributed by atoms with Crippen LogP contribution in [-0.4, -0.2) is 47.9 Å². The van der Waals surface area contributed by atoms with Gasteiger partial charge < -0.3 is 9.32 Å². The first-order valence-electron chi connectivity index (χ1n) is 9.61. The number of carbonyl (C=O) groups is 1. The molecule has 2 aliphatic rings. The van der Waals surface area contributed by atoms with E-state index in [2.05, 4.69) is 30.9 Å². The van der Waals surface area contributed by atoms with Crippen molar-refractivity contribution < 1.29 is 9.21 Å². The smallest absolute Gasteiger partial charge is 0.227 e. The minimum Gasteiger partial charge on any atom is -0.464 e. The Morgan fingerprint density at radius 2 is 1.84 bits per heavy atom. The van der Waals surface area contributed by atoms with Crippen molar-refractivity contribution in [2.24, 2.45) is 0 Å². The minimum atomic E-state index is 0.229. The highest BCUT2D eigenvalue weighted by Crippen LogP contribution is 2.28. The summed E-state index contributed by atoms with van der Waals surface area (Å²) >= 11 is 0. The lowest BCUT2D eigenvalue weighted by atomic mass is 10.0. The number of benzene rings is 1. The second-order valence-electron chi connectivity index (χ2n) is 7.68. The molecule has 0 bridgehead atoms. The summed E-state index contributed by atoms with van der Waals surface area (Å²) < 4.78 is 5.75. The van der Waals surface area contributed by atoms with E-state index in [-0.39, 0.29) is 5.91 Å². The zero-order valence-electron chi connectivity index (χ0n) is 15.4. The van der Waals surface area contributed by atoms with E-state index in [4.69, 9.17) is 4.42 Å². The third-order valence-electron chi connectivity index (χ3n) is 6.19. The second kappa shape index (κ2) is 6.83. The lowest BCUT2D eigenvalue weighted by molar-refractivity contribution is -0.132. The van der Waals surface area contributed by atoms with Crippen molar-refractivity contribution in [3.05, 3.63) is 35.1 Å². The van der Waals surface area contributed by atoms with Crippen molar-refractivity contribution in [2.45, 2.75) is 52.0 Å². The maximum absolute atomic E-state index is 12.8. The van der Waals surface area contributed by atoms with Crippen molar-refractivity contribution in [1.29, 1.82) is 0 Å². The molecule has 1 aromatic heterocycles. The summed E-state index contributed by atoms with van der Waals surface area (Å²) in [4.78, 5) is 17.4. The van der Waals surface area contributed by atoms with Crippen LogP contribution in [0.4, 0.5) is 0 Å². The molecule has 4 heteroatoms. The highest BCUT2D eigenvalue weighted by Gasteiger charge is 2.28. The van der Waals surface area contributed by atoms with Gasteiger partial charge in [0.1, 0.15) is 5.58 Å². The molecule has 2 heterocycles. The molecular formula is C21H28N2O2. The Morgan fingerprint density at radius 3 is 2.56 bits per heavy atom. The second-order valence-corrected chi connectivity index (χ2v) is 7.68. The normalized spacial score (nSPS) is 19.8. The standard InChI is InChI=1S/C21H28N2O2/c1-15-7-8-19-17(14-25-21(19)16(15)2)13-20(24)23-11-9-22(10-12-23)18-5-3-4-6-18/h7-8,14,18H,3-6,9-13H2,1-2H3. The van der Waals surface area contributed by atoms with E-state index in [0.717, 1.165) is 48.8 Å². The molecule has 25 heavy (non-hydrogen) atoms. The number of piperazine rings is 1. The maximum atomic E-state index is 12.8. The molecule has 0 spiro atoms. The molecule has 1 amide bonds. The van der Waals surface area contributed by atoms with E-state index in [1.165, 1.54) is 36.8 Å². The first-order chi connectivity index (χ1) is 12.1. The number of hydrogen-bond acceptors (Lipinski definition) is 3. The van der Waals surface area contributed by atoms with Gasteiger partial charge in [0.25, 0.3) is 0 Å². The number of hydrogen-bond donors (Lipinski definition) is 0. The van der Waals surface area contributed by atoms with E-state index >= 15 is 0 Å². The van der Waals surface area contributed by atoms with Crippen molar-refractivity contribution in [2.75, 3.05) is 26.2 Å². The average molecular weight is 340 g/mol. The van der Waals surface area contributed by atoms with Gasteiger partial charge in [0.05, 0.1) is 12.7 Å². The van der Waals surface area contributed by atoms with Gasteiger partial charge in [-0.05, 0) is 37.8 Å². The van der Waals surface area contributed by atoms with Crippen LogP contribution in [0.15, 0.2) is 22.8 Å². The SMILES string of the molecule is Cc1ccc2c(CC(=O)N3CCN(C4CCCC4)CC3)coc2c1C. The average Bonchev–Trinajstić information content (AvgIpc) is 3.29. The summed E-state index contributed by atoms with van der Waals surface area (Å²) in [6.45, 7) is 7.95. The fourth-order valence-electron chi connectivity index (χ4n) is 4.41. The van der Waals surface area contributed by atoms with E-state index in [9.17, 15) is 4.79 Å². The van der Waals surface area contributed by atoms with Crippen molar-refractivity contribution in [1.82, 2.24) is 9.80 Å². The molecule has 0 N–H and O–H groups in total. The monoisotopic (exact) mass is 340 g/mol. The van der Waals surface area contributed by atoms with Gasteiger partial charge in [-0.3, -0.25) is 9.69 Å². The quantitative estimate of drug-likeness (QED) is 0.855. The lowest BCUT2D eigenvalue weighted by Crippen LogP contribution is -2.51. The number of amides is 1. The molecule has 1 saturated heterocycles. The maximum Gasteiger partial charge on any atom is 0.227 e. The molecule has 1 saturated carbocycles. The van der Waals surface area contributed by atoms with Gasteiger partial charge in [0, 0.05) is 43.2 Å². The van der Waals surface area contributed by atoms with Crippen LogP contribution in [0.1, 0.15) is 42.4 Å². The van der Waals surface area contributed by atoms with Crippen LogP contribution in [0.2, 0.25) is 0 Å². The van der Waals surface area contributed by atoms with Crippen molar-refractivity contribution in [3.63, 3.8) is 0 Å². The molecule has 1 aliphatic heterocycles. The van der Waals surface area contributed by atoms with E-state index in [1.807, 2.05) is 4.90 Å². The van der Waals surface area contributed by atoms with Gasteiger partial charge in [0.2, 0.25) is 5.91 Å². The van der Waals surface area contributed by atoms with Gasteiger partial charge in [0.15, 0.2) is 0 Å². The molecule has 0 radical (unpaired) electrons. The van der Waals surface area contributed by atoms with E-state index in [0.29, 0.717) is 6.42 Å². The molecule has 2 aromatic rings. The topological polar surface area (TPSA) is 36.7 Å². The highest BCUT2D eigenvalue weighted by molar-refractivity contribution is 5.89. The Balaban J connectivity index is 1.40. The molecule has 1 aromatic carbocycles. The first-order valence-corrected chi connectivity index (χ1v) is 9.61. The summed E-state index contributed by atoms with van der Waals surface area (Å²) in [7, 11) is 0. The van der Waals surface area contributed by atoms with Crippen LogP contribution in [0, 0.1) is 13.8 Å². The number of nitrogens with zero attached hydrogens (tertiary/aromatic N) is 2. The van der Waals surface area contributed by atoms with Crippen LogP contribution >= 0.6 is 0 Å². The van der Waals surface area contributed by atoms with Crippen LogP contribution in [0.3, 0.4) is 0 Å².